The Morgan fingerprint density at radius 3 is 1.23 bits per heavy atom. The zero-order chi connectivity index (χ0) is 20.8. The van der Waals surface area contributed by atoms with E-state index in [1.165, 1.54) is 0 Å². The third-order valence-electron chi connectivity index (χ3n) is 3.64. The molecule has 0 unspecified atom stereocenters. The first-order chi connectivity index (χ1) is 13.4. The molecule has 2 N–H and O–H groups in total. The van der Waals surface area contributed by atoms with Gasteiger partial charge in [0.25, 0.3) is 0 Å². The van der Waals surface area contributed by atoms with Crippen LogP contribution in [0.25, 0.3) is 0 Å². The maximum absolute atomic E-state index is 11.1. The molecule has 0 aliphatic heterocycles. The molecule has 0 saturated carbocycles. The standard InChI is InChI=1S/2C11H14N2O.3ClH/c2*1-10(2)11(14)12-6-9-13-7-4-3-5-8-13;;;/h2*3-5,7-8H,1,6,9H2,2H3;3*1H. The van der Waals surface area contributed by atoms with Gasteiger partial charge >= 0.3 is 0 Å². The maximum Gasteiger partial charge on any atom is 0.246 e. The zero-order valence-electron chi connectivity index (χ0n) is 17.9. The van der Waals surface area contributed by atoms with Gasteiger partial charge in [-0.3, -0.25) is 9.59 Å². The van der Waals surface area contributed by atoms with Gasteiger partial charge in [0.15, 0.2) is 37.9 Å². The van der Waals surface area contributed by atoms with Gasteiger partial charge < -0.3 is 35.4 Å². The SMILES string of the molecule is C=C(C)C(=O)NCC[n+]1ccccc1.C=C(C)C(=O)NCC[n+]1ccccc1.Cl.[Cl-].[Cl-]. The van der Waals surface area contributed by atoms with Gasteiger partial charge in [0.2, 0.25) is 11.8 Å². The summed E-state index contributed by atoms with van der Waals surface area (Å²) in [5.74, 6) is -0.164. The highest BCUT2D eigenvalue weighted by atomic mass is 35.5. The summed E-state index contributed by atoms with van der Waals surface area (Å²) in [4.78, 5) is 22.2. The van der Waals surface area contributed by atoms with Crippen molar-refractivity contribution in [1.29, 1.82) is 0 Å². The Balaban J connectivity index is -0.000000461. The first-order valence-electron chi connectivity index (χ1n) is 9.15. The van der Waals surface area contributed by atoms with Crippen LogP contribution >= 0.6 is 12.4 Å². The second-order valence-electron chi connectivity index (χ2n) is 6.30. The van der Waals surface area contributed by atoms with Gasteiger partial charge in [-0.25, -0.2) is 9.13 Å². The number of carbonyl (C=O) groups excluding carboxylic acids is 2. The fourth-order valence-electron chi connectivity index (χ4n) is 2.07. The molecule has 6 nitrogen and oxygen atoms in total. The summed E-state index contributed by atoms with van der Waals surface area (Å²) in [6, 6.07) is 11.8. The molecular weight excluding hydrogens is 459 g/mol. The maximum atomic E-state index is 11.1. The quantitative estimate of drug-likeness (QED) is 0.292. The molecule has 0 atom stereocenters. The number of pyridine rings is 2. The molecule has 2 rings (SSSR count). The summed E-state index contributed by atoms with van der Waals surface area (Å²) in [5, 5.41) is 5.54. The molecule has 0 bridgehead atoms. The van der Waals surface area contributed by atoms with E-state index in [0.717, 1.165) is 13.1 Å². The largest absolute Gasteiger partial charge is 1.00 e. The Hall–Kier alpha value is -2.41. The molecule has 0 fully saturated rings. The van der Waals surface area contributed by atoms with E-state index in [0.29, 0.717) is 24.2 Å². The molecule has 2 aromatic heterocycles. The summed E-state index contributed by atoms with van der Waals surface area (Å²) < 4.78 is 4.03. The lowest BCUT2D eigenvalue weighted by atomic mass is 10.3. The summed E-state index contributed by atoms with van der Waals surface area (Å²) in [7, 11) is 0. The Kier molecular flexibility index (Phi) is 21.0. The van der Waals surface area contributed by atoms with E-state index >= 15 is 0 Å². The summed E-state index contributed by atoms with van der Waals surface area (Å²) in [5.41, 5.74) is 1.09. The van der Waals surface area contributed by atoms with Crippen molar-refractivity contribution < 1.29 is 43.5 Å². The van der Waals surface area contributed by atoms with Gasteiger partial charge in [-0.1, -0.05) is 25.3 Å². The van der Waals surface area contributed by atoms with Crippen molar-refractivity contribution in [2.24, 2.45) is 0 Å². The van der Waals surface area contributed by atoms with Crippen molar-refractivity contribution in [2.75, 3.05) is 13.1 Å². The number of rotatable bonds is 8. The van der Waals surface area contributed by atoms with Crippen molar-refractivity contribution in [1.82, 2.24) is 10.6 Å². The van der Waals surface area contributed by atoms with E-state index in [2.05, 4.69) is 23.8 Å². The van der Waals surface area contributed by atoms with Crippen LogP contribution in [0.4, 0.5) is 0 Å². The first-order valence-corrected chi connectivity index (χ1v) is 9.15. The monoisotopic (exact) mass is 488 g/mol. The van der Waals surface area contributed by atoms with Crippen LogP contribution < -0.4 is 44.6 Å². The highest BCUT2D eigenvalue weighted by Crippen LogP contribution is 1.85. The van der Waals surface area contributed by atoms with Crippen LogP contribution in [-0.4, -0.2) is 24.9 Å². The van der Waals surface area contributed by atoms with Gasteiger partial charge in [0, 0.05) is 35.4 Å². The smallest absolute Gasteiger partial charge is 0.246 e. The molecule has 2 heterocycles. The Labute approximate surface area is 203 Å². The average molecular weight is 490 g/mol. The van der Waals surface area contributed by atoms with Gasteiger partial charge in [0.05, 0.1) is 13.1 Å². The lowest BCUT2D eigenvalue weighted by Crippen LogP contribution is -3.00. The number of nitrogens with one attached hydrogen (secondary N) is 2. The van der Waals surface area contributed by atoms with E-state index in [9.17, 15) is 9.59 Å². The summed E-state index contributed by atoms with van der Waals surface area (Å²) in [6.45, 7) is 13.3. The molecule has 0 aliphatic rings. The van der Waals surface area contributed by atoms with Crippen LogP contribution in [0, 0.1) is 0 Å². The van der Waals surface area contributed by atoms with Crippen molar-refractivity contribution in [3.05, 3.63) is 85.5 Å². The second kappa shape index (κ2) is 19.5. The molecule has 0 aromatic carbocycles. The second-order valence-corrected chi connectivity index (χ2v) is 6.30. The molecule has 0 saturated heterocycles. The number of aromatic nitrogens is 2. The van der Waals surface area contributed by atoms with Gasteiger partial charge in [0.1, 0.15) is 0 Å². The van der Waals surface area contributed by atoms with E-state index in [1.54, 1.807) is 13.8 Å². The number of halogens is 3. The normalized spacial score (nSPS) is 8.58. The van der Waals surface area contributed by atoms with Gasteiger partial charge in [-0.05, 0) is 13.8 Å². The van der Waals surface area contributed by atoms with Crippen LogP contribution in [0.2, 0.25) is 0 Å². The van der Waals surface area contributed by atoms with Gasteiger partial charge in [-0.15, -0.1) is 12.4 Å². The van der Waals surface area contributed by atoms with Crippen molar-refractivity contribution in [3.8, 4) is 0 Å². The first kappa shape index (κ1) is 33.2. The fourth-order valence-corrected chi connectivity index (χ4v) is 2.07. The third kappa shape index (κ3) is 16.0. The van der Waals surface area contributed by atoms with Crippen molar-refractivity contribution >= 4 is 24.2 Å². The molecule has 0 radical (unpaired) electrons. The van der Waals surface area contributed by atoms with Crippen molar-refractivity contribution in [2.45, 2.75) is 26.9 Å². The minimum absolute atomic E-state index is 0. The minimum atomic E-state index is -0.0819. The predicted octanol–water partition coefficient (Wildman–Crippen LogP) is -4.24. The highest BCUT2D eigenvalue weighted by molar-refractivity contribution is 5.92. The van der Waals surface area contributed by atoms with Crippen LogP contribution in [-0.2, 0) is 22.7 Å². The van der Waals surface area contributed by atoms with E-state index in [1.807, 2.05) is 70.3 Å². The minimum Gasteiger partial charge on any atom is -1.00 e. The molecule has 172 valence electrons. The molecule has 2 amide bonds. The van der Waals surface area contributed by atoms with Crippen LogP contribution in [0.1, 0.15) is 13.8 Å². The number of hydrogen-bond acceptors (Lipinski definition) is 2. The molecule has 0 aliphatic carbocycles. The Morgan fingerprint density at radius 1 is 0.677 bits per heavy atom. The van der Waals surface area contributed by atoms with E-state index in [4.69, 9.17) is 0 Å². The lowest BCUT2D eigenvalue weighted by Gasteiger charge is -2.01. The highest BCUT2D eigenvalue weighted by Gasteiger charge is 2.03. The van der Waals surface area contributed by atoms with E-state index in [-0.39, 0.29) is 49.0 Å². The van der Waals surface area contributed by atoms with Crippen molar-refractivity contribution in [3.63, 3.8) is 0 Å². The predicted molar refractivity (Wildman–Crippen MR) is 116 cm³/mol. The Bertz CT molecular complexity index is 720. The van der Waals surface area contributed by atoms with Gasteiger partial charge in [-0.2, -0.15) is 0 Å². The fraction of sp³-hybridized carbons (Fsp3) is 0.273. The molecule has 31 heavy (non-hydrogen) atoms. The number of hydrogen-bond donors (Lipinski definition) is 2. The topological polar surface area (TPSA) is 66.0 Å². The Morgan fingerprint density at radius 2 is 0.968 bits per heavy atom. The van der Waals surface area contributed by atoms with Crippen LogP contribution in [0.3, 0.4) is 0 Å². The lowest BCUT2D eigenvalue weighted by molar-refractivity contribution is -0.695. The summed E-state index contributed by atoms with van der Waals surface area (Å²) in [6.07, 6.45) is 7.86. The third-order valence-corrected chi connectivity index (χ3v) is 3.64. The number of nitrogens with zero attached hydrogens (tertiary/aromatic N) is 2. The zero-order valence-corrected chi connectivity index (χ0v) is 20.2. The summed E-state index contributed by atoms with van der Waals surface area (Å²) >= 11 is 0. The van der Waals surface area contributed by atoms with E-state index < -0.39 is 0 Å². The van der Waals surface area contributed by atoms with Crippen LogP contribution in [0.15, 0.2) is 85.5 Å². The molecule has 0 spiro atoms. The molecule has 9 heteroatoms. The van der Waals surface area contributed by atoms with Crippen LogP contribution in [0.5, 0.6) is 0 Å². The molecular formula is C22H31Cl3N4O2. The molecule has 2 aromatic rings. The number of amides is 2. The number of carbonyl (C=O) groups is 2. The average Bonchev–Trinajstić information content (AvgIpc) is 2.70.